The molecule has 0 radical (unpaired) electrons. The molecule has 7 heteroatoms. The van der Waals surface area contributed by atoms with Gasteiger partial charge < -0.3 is 5.11 Å². The van der Waals surface area contributed by atoms with Crippen LogP contribution in [0.5, 0.6) is 0 Å². The highest BCUT2D eigenvalue weighted by atomic mass is 32.2. The summed E-state index contributed by atoms with van der Waals surface area (Å²) in [4.78, 5) is 4.28. The molecule has 1 N–H and O–H groups in total. The summed E-state index contributed by atoms with van der Waals surface area (Å²) in [6, 6.07) is 18.2. The molecule has 4 aromatic rings. The smallest absolute Gasteiger partial charge is 0.269 e. The largest absolute Gasteiger partial charge is 0.382 e. The summed E-state index contributed by atoms with van der Waals surface area (Å²) in [5.41, 5.74) is 0.736. The quantitative estimate of drug-likeness (QED) is 0.586. The zero-order chi connectivity index (χ0) is 19.0. The fourth-order valence-corrected chi connectivity index (χ4v) is 4.51. The Kier molecular flexibility index (Phi) is 4.25. The molecule has 2 aromatic heterocycles. The number of fused-ring (bicyclic) bond motifs is 1. The minimum Gasteiger partial charge on any atom is -0.382 e. The number of hydrogen-bond acceptors (Lipinski definition) is 4. The van der Waals surface area contributed by atoms with Crippen molar-refractivity contribution < 1.29 is 17.9 Å². The average molecular weight is 382 g/mol. The summed E-state index contributed by atoms with van der Waals surface area (Å²) < 4.78 is 40.8. The second-order valence-corrected chi connectivity index (χ2v) is 7.81. The SMILES string of the molecule is O=S(=O)(c1ccccc1)n1c([C@@H](O)c2ccc(F)cc2)cc2cccnc21. The second kappa shape index (κ2) is 6.61. The maximum atomic E-state index is 13.3. The van der Waals surface area contributed by atoms with Gasteiger partial charge in [-0.1, -0.05) is 30.3 Å². The van der Waals surface area contributed by atoms with Gasteiger partial charge in [-0.05, 0) is 48.0 Å². The Morgan fingerprint density at radius 1 is 0.963 bits per heavy atom. The van der Waals surface area contributed by atoms with Gasteiger partial charge in [-0.25, -0.2) is 21.8 Å². The van der Waals surface area contributed by atoms with Gasteiger partial charge in [0.1, 0.15) is 11.9 Å². The average Bonchev–Trinajstić information content (AvgIpc) is 3.09. The van der Waals surface area contributed by atoms with E-state index in [4.69, 9.17) is 0 Å². The highest BCUT2D eigenvalue weighted by Gasteiger charge is 2.27. The summed E-state index contributed by atoms with van der Waals surface area (Å²) in [7, 11) is -3.99. The minimum atomic E-state index is -3.99. The van der Waals surface area contributed by atoms with Crippen molar-refractivity contribution in [2.45, 2.75) is 11.0 Å². The first kappa shape index (κ1) is 17.4. The molecule has 2 heterocycles. The van der Waals surface area contributed by atoms with Crippen LogP contribution in [0.25, 0.3) is 11.0 Å². The highest BCUT2D eigenvalue weighted by Crippen LogP contribution is 2.31. The van der Waals surface area contributed by atoms with Crippen molar-refractivity contribution in [3.05, 3.63) is 96.1 Å². The molecule has 1 atom stereocenters. The number of halogens is 1. The Bertz CT molecular complexity index is 1200. The fourth-order valence-electron chi connectivity index (χ4n) is 2.99. The monoisotopic (exact) mass is 382 g/mol. The molecule has 2 aromatic carbocycles. The molecule has 0 saturated carbocycles. The molecule has 0 spiro atoms. The number of rotatable bonds is 4. The van der Waals surface area contributed by atoms with Gasteiger partial charge in [0.2, 0.25) is 0 Å². The lowest BCUT2D eigenvalue weighted by Crippen LogP contribution is -2.18. The van der Waals surface area contributed by atoms with Crippen LogP contribution in [-0.4, -0.2) is 22.5 Å². The standard InChI is InChI=1S/C20H15FN2O3S/c21-16-10-8-14(9-11-16)19(24)18-13-15-5-4-12-22-20(15)23(18)27(25,26)17-6-2-1-3-7-17/h1-13,19,24H/t19-/m0/s1. The number of pyridine rings is 1. The second-order valence-electron chi connectivity index (χ2n) is 6.02. The lowest BCUT2D eigenvalue weighted by Gasteiger charge is -2.16. The van der Waals surface area contributed by atoms with Gasteiger partial charge in [0.15, 0.2) is 5.65 Å². The molecule has 4 rings (SSSR count). The maximum Gasteiger partial charge on any atom is 0.269 e. The Morgan fingerprint density at radius 2 is 1.67 bits per heavy atom. The Balaban J connectivity index is 1.97. The van der Waals surface area contributed by atoms with Crippen LogP contribution in [0.2, 0.25) is 0 Å². The van der Waals surface area contributed by atoms with E-state index in [-0.39, 0.29) is 16.2 Å². The summed E-state index contributed by atoms with van der Waals surface area (Å²) in [6.07, 6.45) is 0.228. The van der Waals surface area contributed by atoms with E-state index < -0.39 is 21.9 Å². The summed E-state index contributed by atoms with van der Waals surface area (Å²) in [6.45, 7) is 0. The van der Waals surface area contributed by atoms with Crippen molar-refractivity contribution in [1.29, 1.82) is 0 Å². The lowest BCUT2D eigenvalue weighted by molar-refractivity contribution is 0.214. The van der Waals surface area contributed by atoms with Gasteiger partial charge >= 0.3 is 0 Å². The third-order valence-corrected chi connectivity index (χ3v) is 6.03. The van der Waals surface area contributed by atoms with Gasteiger partial charge in [-0.15, -0.1) is 0 Å². The third kappa shape index (κ3) is 3.01. The molecule has 0 aliphatic rings. The van der Waals surface area contributed by atoms with Gasteiger partial charge in [0.25, 0.3) is 10.0 Å². The summed E-state index contributed by atoms with van der Waals surface area (Å²) >= 11 is 0. The van der Waals surface area contributed by atoms with Crippen molar-refractivity contribution in [2.24, 2.45) is 0 Å². The van der Waals surface area contributed by atoms with Crippen LogP contribution in [0.1, 0.15) is 17.4 Å². The lowest BCUT2D eigenvalue weighted by atomic mass is 10.1. The van der Waals surface area contributed by atoms with Gasteiger partial charge in [0, 0.05) is 11.6 Å². The Morgan fingerprint density at radius 3 is 2.37 bits per heavy atom. The van der Waals surface area contributed by atoms with E-state index in [9.17, 15) is 17.9 Å². The van der Waals surface area contributed by atoms with Crippen molar-refractivity contribution in [3.63, 3.8) is 0 Å². The molecule has 0 aliphatic heterocycles. The van der Waals surface area contributed by atoms with E-state index in [2.05, 4.69) is 4.98 Å². The van der Waals surface area contributed by atoms with E-state index in [1.807, 2.05) is 0 Å². The maximum absolute atomic E-state index is 13.3. The third-order valence-electron chi connectivity index (χ3n) is 4.29. The van der Waals surface area contributed by atoms with Gasteiger partial charge in [0.05, 0.1) is 10.6 Å². The van der Waals surface area contributed by atoms with E-state index in [1.165, 1.54) is 42.6 Å². The number of aliphatic hydroxyl groups is 1. The van der Waals surface area contributed by atoms with Crippen LogP contribution in [0.3, 0.4) is 0 Å². The molecular weight excluding hydrogens is 367 g/mol. The van der Waals surface area contributed by atoms with E-state index in [1.54, 1.807) is 36.4 Å². The highest BCUT2D eigenvalue weighted by molar-refractivity contribution is 7.90. The predicted octanol–water partition coefficient (Wildman–Crippen LogP) is 3.49. The molecule has 27 heavy (non-hydrogen) atoms. The normalized spacial score (nSPS) is 13.0. The number of hydrogen-bond donors (Lipinski definition) is 1. The first-order chi connectivity index (χ1) is 13.0. The molecule has 0 bridgehead atoms. The van der Waals surface area contributed by atoms with E-state index in [0.29, 0.717) is 10.9 Å². The van der Waals surface area contributed by atoms with Gasteiger partial charge in [-0.2, -0.15) is 0 Å². The molecule has 0 saturated heterocycles. The Hall–Kier alpha value is -3.03. The van der Waals surface area contributed by atoms with Crippen LogP contribution in [0, 0.1) is 5.82 Å². The molecule has 0 aliphatic carbocycles. The molecule has 0 amide bonds. The van der Waals surface area contributed by atoms with E-state index >= 15 is 0 Å². The van der Waals surface area contributed by atoms with Crippen LogP contribution in [0.15, 0.2) is 83.9 Å². The van der Waals surface area contributed by atoms with Crippen LogP contribution >= 0.6 is 0 Å². The summed E-state index contributed by atoms with van der Waals surface area (Å²) in [5, 5.41) is 11.4. The topological polar surface area (TPSA) is 72.2 Å². The number of aliphatic hydroxyl groups excluding tert-OH is 1. The number of aromatic nitrogens is 2. The number of nitrogens with zero attached hydrogens (tertiary/aromatic N) is 2. The van der Waals surface area contributed by atoms with E-state index in [0.717, 1.165) is 3.97 Å². The Labute approximate surface area is 155 Å². The van der Waals surface area contributed by atoms with Crippen molar-refractivity contribution in [3.8, 4) is 0 Å². The molecule has 0 fully saturated rings. The van der Waals surface area contributed by atoms with Gasteiger partial charge in [-0.3, -0.25) is 0 Å². The minimum absolute atomic E-state index is 0.0840. The van der Waals surface area contributed by atoms with Crippen LogP contribution in [0.4, 0.5) is 4.39 Å². The van der Waals surface area contributed by atoms with Crippen LogP contribution in [-0.2, 0) is 10.0 Å². The first-order valence-electron chi connectivity index (χ1n) is 8.19. The molecule has 136 valence electrons. The van der Waals surface area contributed by atoms with Crippen molar-refractivity contribution in [1.82, 2.24) is 8.96 Å². The first-order valence-corrected chi connectivity index (χ1v) is 9.63. The van der Waals surface area contributed by atoms with Crippen molar-refractivity contribution >= 4 is 21.1 Å². The number of benzene rings is 2. The summed E-state index contributed by atoms with van der Waals surface area (Å²) in [5.74, 6) is -0.440. The fraction of sp³-hybridized carbons (Fsp3) is 0.0500. The molecule has 5 nitrogen and oxygen atoms in total. The molecule has 0 unspecified atom stereocenters. The van der Waals surface area contributed by atoms with Crippen molar-refractivity contribution in [2.75, 3.05) is 0 Å². The molecular formula is C20H15FN2O3S. The zero-order valence-corrected chi connectivity index (χ0v) is 14.8. The zero-order valence-electron chi connectivity index (χ0n) is 14.0. The van der Waals surface area contributed by atoms with Crippen LogP contribution < -0.4 is 0 Å². The predicted molar refractivity (Wildman–Crippen MR) is 99.2 cm³/mol.